The molecule has 1 heterocycles. The van der Waals surface area contributed by atoms with Gasteiger partial charge in [-0.3, -0.25) is 4.79 Å². The van der Waals surface area contributed by atoms with E-state index in [4.69, 9.17) is 4.74 Å². The van der Waals surface area contributed by atoms with Crippen LogP contribution in [0.4, 0.5) is 11.4 Å². The molecule has 5 heteroatoms. The van der Waals surface area contributed by atoms with E-state index in [2.05, 4.69) is 28.9 Å². The van der Waals surface area contributed by atoms with Gasteiger partial charge in [0.05, 0.1) is 13.2 Å². The lowest BCUT2D eigenvalue weighted by atomic mass is 9.76. The molecular weight excluding hydrogens is 352 g/mol. The molecule has 2 aromatic rings. The first-order valence-corrected chi connectivity index (χ1v) is 9.73. The fourth-order valence-electron chi connectivity index (χ4n) is 4.22. The Balaban J connectivity index is 1.70. The minimum absolute atomic E-state index is 0.0151. The highest BCUT2D eigenvalue weighted by molar-refractivity contribution is 5.92. The molecule has 2 aromatic carbocycles. The van der Waals surface area contributed by atoms with E-state index in [1.54, 1.807) is 13.2 Å². The fraction of sp³-hybridized carbons (Fsp3) is 0.348. The van der Waals surface area contributed by atoms with E-state index in [1.807, 2.05) is 38.1 Å². The summed E-state index contributed by atoms with van der Waals surface area (Å²) in [4.78, 5) is 12.1. The van der Waals surface area contributed by atoms with Crippen LogP contribution in [0, 0.1) is 11.8 Å². The lowest BCUT2D eigenvalue weighted by Gasteiger charge is -2.38. The third-order valence-electron chi connectivity index (χ3n) is 5.74. The van der Waals surface area contributed by atoms with Gasteiger partial charge in [-0.25, -0.2) is 0 Å². The van der Waals surface area contributed by atoms with Gasteiger partial charge < -0.3 is 20.5 Å². The van der Waals surface area contributed by atoms with E-state index < -0.39 is 0 Å². The number of phenolic OH excluding ortho intramolecular Hbond substituents is 1. The molecule has 0 saturated carbocycles. The lowest BCUT2D eigenvalue weighted by Crippen LogP contribution is -2.29. The molecule has 2 aliphatic rings. The summed E-state index contributed by atoms with van der Waals surface area (Å²) < 4.78 is 5.30. The summed E-state index contributed by atoms with van der Waals surface area (Å²) in [5, 5.41) is 17.3. The van der Waals surface area contributed by atoms with E-state index in [-0.39, 0.29) is 29.5 Å². The minimum atomic E-state index is -0.0614. The summed E-state index contributed by atoms with van der Waals surface area (Å²) in [6.45, 7) is 3.77. The molecule has 146 valence electrons. The van der Waals surface area contributed by atoms with Gasteiger partial charge in [0, 0.05) is 28.8 Å². The molecule has 0 aromatic heterocycles. The number of carbonyl (C=O) groups is 1. The fourth-order valence-corrected chi connectivity index (χ4v) is 4.22. The predicted molar refractivity (Wildman–Crippen MR) is 111 cm³/mol. The highest BCUT2D eigenvalue weighted by Gasteiger charge is 2.39. The Hall–Kier alpha value is -2.95. The second-order valence-electron chi connectivity index (χ2n) is 7.82. The SMILES string of the molecule is COc1cccc(C2Nc3ccc(NC(=O)C(C)C)cc3C3C=CCC32)c1O. The van der Waals surface area contributed by atoms with E-state index >= 15 is 0 Å². The van der Waals surface area contributed by atoms with E-state index in [9.17, 15) is 9.90 Å². The minimum Gasteiger partial charge on any atom is -0.504 e. The molecular formula is C23H26N2O3. The summed E-state index contributed by atoms with van der Waals surface area (Å²) in [7, 11) is 1.56. The number of benzene rings is 2. The molecule has 28 heavy (non-hydrogen) atoms. The van der Waals surface area contributed by atoms with Crippen LogP contribution in [0.15, 0.2) is 48.6 Å². The number of phenols is 1. The Labute approximate surface area is 165 Å². The zero-order chi connectivity index (χ0) is 19.8. The van der Waals surface area contributed by atoms with Crippen molar-refractivity contribution in [2.75, 3.05) is 17.7 Å². The molecule has 1 aliphatic carbocycles. The Bertz CT molecular complexity index is 935. The van der Waals surface area contributed by atoms with Crippen LogP contribution in [0.3, 0.4) is 0 Å². The second-order valence-corrected chi connectivity index (χ2v) is 7.82. The number of hydrogen-bond acceptors (Lipinski definition) is 4. The van der Waals surface area contributed by atoms with E-state index in [0.717, 1.165) is 23.4 Å². The zero-order valence-electron chi connectivity index (χ0n) is 16.4. The number of anilines is 2. The lowest BCUT2D eigenvalue weighted by molar-refractivity contribution is -0.118. The number of allylic oxidation sites excluding steroid dienone is 2. The molecule has 4 rings (SSSR count). The molecule has 1 amide bonds. The molecule has 0 fully saturated rings. The number of amides is 1. The summed E-state index contributed by atoms with van der Waals surface area (Å²) in [5.41, 5.74) is 3.88. The molecule has 0 bridgehead atoms. The number of fused-ring (bicyclic) bond motifs is 3. The van der Waals surface area contributed by atoms with Gasteiger partial charge in [0.25, 0.3) is 0 Å². The molecule has 3 N–H and O–H groups in total. The zero-order valence-corrected chi connectivity index (χ0v) is 16.4. The first kappa shape index (κ1) is 18.4. The maximum absolute atomic E-state index is 12.1. The van der Waals surface area contributed by atoms with Crippen LogP contribution < -0.4 is 15.4 Å². The molecule has 3 unspecified atom stereocenters. The largest absolute Gasteiger partial charge is 0.504 e. The third kappa shape index (κ3) is 3.11. The van der Waals surface area contributed by atoms with Crippen LogP contribution in [0.1, 0.15) is 43.4 Å². The van der Waals surface area contributed by atoms with Crippen LogP contribution in [-0.2, 0) is 4.79 Å². The smallest absolute Gasteiger partial charge is 0.226 e. The standard InChI is InChI=1S/C23H26N2O3/c1-13(2)23(27)24-14-10-11-19-18(12-14)15-6-4-7-16(15)21(25-19)17-8-5-9-20(28-3)22(17)26/h4-6,8-13,15-16,21,25-26H,7H2,1-3H3,(H,24,27). The van der Waals surface area contributed by atoms with Gasteiger partial charge in [-0.2, -0.15) is 0 Å². The number of nitrogens with one attached hydrogen (secondary N) is 2. The molecule has 0 spiro atoms. The van der Waals surface area contributed by atoms with Gasteiger partial charge in [-0.15, -0.1) is 0 Å². The van der Waals surface area contributed by atoms with Crippen LogP contribution in [0.5, 0.6) is 11.5 Å². The average Bonchev–Trinajstić information content (AvgIpc) is 3.18. The Morgan fingerprint density at radius 2 is 2.07 bits per heavy atom. The van der Waals surface area contributed by atoms with Gasteiger partial charge in [0.2, 0.25) is 5.91 Å². The van der Waals surface area contributed by atoms with Gasteiger partial charge >= 0.3 is 0 Å². The normalized spacial score (nSPS) is 22.4. The topological polar surface area (TPSA) is 70.6 Å². The maximum Gasteiger partial charge on any atom is 0.226 e. The summed E-state index contributed by atoms with van der Waals surface area (Å²) in [6, 6.07) is 11.6. The number of hydrogen-bond donors (Lipinski definition) is 3. The number of ether oxygens (including phenoxy) is 1. The summed E-state index contributed by atoms with van der Waals surface area (Å²) >= 11 is 0. The number of rotatable bonds is 4. The Kier molecular flexibility index (Phi) is 4.75. The van der Waals surface area contributed by atoms with Crippen LogP contribution >= 0.6 is 0 Å². The monoisotopic (exact) mass is 378 g/mol. The van der Waals surface area contributed by atoms with Crippen molar-refractivity contribution in [2.24, 2.45) is 11.8 Å². The number of para-hydroxylation sites is 1. The van der Waals surface area contributed by atoms with Crippen molar-refractivity contribution in [3.63, 3.8) is 0 Å². The van der Waals surface area contributed by atoms with Crippen molar-refractivity contribution in [1.82, 2.24) is 0 Å². The molecule has 0 radical (unpaired) electrons. The predicted octanol–water partition coefficient (Wildman–Crippen LogP) is 4.82. The molecule has 5 nitrogen and oxygen atoms in total. The van der Waals surface area contributed by atoms with Crippen molar-refractivity contribution in [3.05, 3.63) is 59.7 Å². The molecule has 0 saturated heterocycles. The number of methoxy groups -OCH3 is 1. The highest BCUT2D eigenvalue weighted by Crippen LogP contribution is 2.52. The Morgan fingerprint density at radius 1 is 1.25 bits per heavy atom. The van der Waals surface area contributed by atoms with Crippen LogP contribution in [-0.4, -0.2) is 18.1 Å². The van der Waals surface area contributed by atoms with E-state index in [1.165, 1.54) is 5.56 Å². The molecule has 1 aliphatic heterocycles. The quantitative estimate of drug-likeness (QED) is 0.667. The average molecular weight is 378 g/mol. The maximum atomic E-state index is 12.1. The summed E-state index contributed by atoms with van der Waals surface area (Å²) in [6.07, 6.45) is 5.37. The molecule has 3 atom stereocenters. The van der Waals surface area contributed by atoms with Crippen LogP contribution in [0.2, 0.25) is 0 Å². The van der Waals surface area contributed by atoms with Crippen molar-refractivity contribution in [1.29, 1.82) is 0 Å². The third-order valence-corrected chi connectivity index (χ3v) is 5.74. The van der Waals surface area contributed by atoms with Gasteiger partial charge in [-0.1, -0.05) is 38.1 Å². The van der Waals surface area contributed by atoms with Crippen molar-refractivity contribution >= 4 is 17.3 Å². The van der Waals surface area contributed by atoms with Crippen molar-refractivity contribution < 1.29 is 14.6 Å². The highest BCUT2D eigenvalue weighted by atomic mass is 16.5. The first-order valence-electron chi connectivity index (χ1n) is 9.73. The van der Waals surface area contributed by atoms with Gasteiger partial charge in [0.1, 0.15) is 0 Å². The first-order chi connectivity index (χ1) is 13.5. The Morgan fingerprint density at radius 3 is 2.82 bits per heavy atom. The van der Waals surface area contributed by atoms with Gasteiger partial charge in [-0.05, 0) is 42.2 Å². The van der Waals surface area contributed by atoms with Crippen molar-refractivity contribution in [2.45, 2.75) is 32.2 Å². The number of aromatic hydroxyl groups is 1. The van der Waals surface area contributed by atoms with Gasteiger partial charge in [0.15, 0.2) is 11.5 Å². The second kappa shape index (κ2) is 7.23. The van der Waals surface area contributed by atoms with E-state index in [0.29, 0.717) is 11.7 Å². The van der Waals surface area contributed by atoms with Crippen molar-refractivity contribution in [3.8, 4) is 11.5 Å². The van der Waals surface area contributed by atoms with Crippen LogP contribution in [0.25, 0.3) is 0 Å². The number of carbonyl (C=O) groups excluding carboxylic acids is 1. The summed E-state index contributed by atoms with van der Waals surface area (Å²) in [5.74, 6) is 1.16.